The first-order valence-corrected chi connectivity index (χ1v) is 11.4. The Hall–Kier alpha value is -0.0800. The minimum atomic E-state index is 0.351. The molecular weight excluding hydrogens is 328 g/mol. The van der Waals surface area contributed by atoms with Crippen LogP contribution in [-0.2, 0) is 0 Å². The molecule has 2 unspecified atom stereocenters. The van der Waals surface area contributed by atoms with Crippen molar-refractivity contribution >= 4 is 0 Å². The number of hydrogen-bond donors (Lipinski definition) is 0. The van der Waals surface area contributed by atoms with Crippen molar-refractivity contribution < 1.29 is 0 Å². The highest BCUT2D eigenvalue weighted by Gasteiger charge is 2.36. The molecule has 0 bridgehead atoms. The Labute approximate surface area is 172 Å². The van der Waals surface area contributed by atoms with Crippen molar-refractivity contribution in [2.24, 2.45) is 22.7 Å². The molecular formula is C25H52N2. The fourth-order valence-corrected chi connectivity index (χ4v) is 4.37. The lowest BCUT2D eigenvalue weighted by atomic mass is 9.75. The fourth-order valence-electron chi connectivity index (χ4n) is 4.37. The van der Waals surface area contributed by atoms with Crippen LogP contribution in [0, 0.1) is 22.7 Å². The minimum absolute atomic E-state index is 0.351. The average molecular weight is 381 g/mol. The molecule has 2 aliphatic rings. The van der Waals surface area contributed by atoms with Crippen molar-refractivity contribution in [3.63, 3.8) is 0 Å². The topological polar surface area (TPSA) is 6.48 Å². The zero-order valence-electron chi connectivity index (χ0n) is 21.0. The predicted octanol–water partition coefficient (Wildman–Crippen LogP) is 6.70. The fraction of sp³-hybridized carbons (Fsp3) is 1.00. The van der Waals surface area contributed by atoms with Gasteiger partial charge in [0.1, 0.15) is 0 Å². The van der Waals surface area contributed by atoms with Crippen LogP contribution in [0.3, 0.4) is 0 Å². The van der Waals surface area contributed by atoms with Crippen LogP contribution in [0.25, 0.3) is 0 Å². The van der Waals surface area contributed by atoms with Gasteiger partial charge >= 0.3 is 0 Å². The van der Waals surface area contributed by atoms with E-state index in [0.29, 0.717) is 21.9 Å². The maximum Gasteiger partial charge on any atom is 0.0125 e. The third-order valence-corrected chi connectivity index (χ3v) is 6.96. The van der Waals surface area contributed by atoms with E-state index in [0.717, 1.165) is 11.8 Å². The number of nitrogens with zero attached hydrogens (tertiary/aromatic N) is 2. The van der Waals surface area contributed by atoms with Gasteiger partial charge in [0, 0.05) is 24.2 Å². The second-order valence-electron chi connectivity index (χ2n) is 13.3. The van der Waals surface area contributed by atoms with E-state index in [9.17, 15) is 0 Å². The molecule has 0 radical (unpaired) electrons. The van der Waals surface area contributed by atoms with E-state index in [2.05, 4.69) is 92.9 Å². The van der Waals surface area contributed by atoms with Crippen molar-refractivity contribution in [2.45, 2.75) is 113 Å². The summed E-state index contributed by atoms with van der Waals surface area (Å²) in [6.45, 7) is 33.3. The molecule has 2 nitrogen and oxygen atoms in total. The predicted molar refractivity (Wildman–Crippen MR) is 122 cm³/mol. The zero-order chi connectivity index (χ0) is 21.3. The standard InChI is InChI=1S/C13H27N.C12H25N/c1-12(2,3)11-8-7-9-14(10-11)13(4,5)6;1-11(2,3)10-7-8-13(9-10)12(4,5)6/h11H,7-10H2,1-6H3;10H,7-9H2,1-6H3. The highest BCUT2D eigenvalue weighted by molar-refractivity contribution is 4.89. The van der Waals surface area contributed by atoms with Gasteiger partial charge in [-0.3, -0.25) is 9.80 Å². The van der Waals surface area contributed by atoms with E-state index in [1.165, 1.54) is 45.4 Å². The summed E-state index contributed by atoms with van der Waals surface area (Å²) < 4.78 is 0. The first-order valence-electron chi connectivity index (χ1n) is 11.4. The maximum atomic E-state index is 2.65. The molecule has 2 fully saturated rings. The van der Waals surface area contributed by atoms with Crippen LogP contribution >= 0.6 is 0 Å². The molecule has 2 heteroatoms. The van der Waals surface area contributed by atoms with Gasteiger partial charge in [0.15, 0.2) is 0 Å². The minimum Gasteiger partial charge on any atom is -0.298 e. The smallest absolute Gasteiger partial charge is 0.0125 e. The van der Waals surface area contributed by atoms with Crippen molar-refractivity contribution in [3.8, 4) is 0 Å². The van der Waals surface area contributed by atoms with E-state index in [-0.39, 0.29) is 0 Å². The third kappa shape index (κ3) is 8.05. The van der Waals surface area contributed by atoms with Crippen molar-refractivity contribution in [3.05, 3.63) is 0 Å². The normalized spacial score (nSPS) is 26.7. The largest absolute Gasteiger partial charge is 0.298 e. The van der Waals surface area contributed by atoms with Crippen LogP contribution in [0.5, 0.6) is 0 Å². The second-order valence-corrected chi connectivity index (χ2v) is 13.3. The monoisotopic (exact) mass is 380 g/mol. The molecule has 2 aliphatic heterocycles. The van der Waals surface area contributed by atoms with E-state index < -0.39 is 0 Å². The van der Waals surface area contributed by atoms with Crippen LogP contribution in [0.4, 0.5) is 0 Å². The van der Waals surface area contributed by atoms with Gasteiger partial charge in [0.2, 0.25) is 0 Å². The van der Waals surface area contributed by atoms with Gasteiger partial charge in [0.05, 0.1) is 0 Å². The summed E-state index contributed by atoms with van der Waals surface area (Å²) in [5, 5.41) is 0. The lowest BCUT2D eigenvalue weighted by Gasteiger charge is -2.45. The summed E-state index contributed by atoms with van der Waals surface area (Å²) in [7, 11) is 0. The van der Waals surface area contributed by atoms with Crippen molar-refractivity contribution in [2.75, 3.05) is 26.2 Å². The lowest BCUT2D eigenvalue weighted by molar-refractivity contribution is 0.0388. The number of rotatable bonds is 0. The summed E-state index contributed by atoms with van der Waals surface area (Å²) in [6, 6.07) is 0. The molecule has 0 aromatic carbocycles. The van der Waals surface area contributed by atoms with Gasteiger partial charge in [-0.1, -0.05) is 41.5 Å². The molecule has 0 N–H and O–H groups in total. The molecule has 0 aromatic heterocycles. The molecule has 0 saturated carbocycles. The maximum absolute atomic E-state index is 2.65. The molecule has 2 rings (SSSR count). The van der Waals surface area contributed by atoms with E-state index in [4.69, 9.17) is 0 Å². The quantitative estimate of drug-likeness (QED) is 0.461. The van der Waals surface area contributed by atoms with Crippen LogP contribution in [0.1, 0.15) is 102 Å². The molecule has 2 saturated heterocycles. The number of likely N-dealkylation sites (tertiary alicyclic amines) is 2. The summed E-state index contributed by atoms with van der Waals surface area (Å²) in [4.78, 5) is 5.26. The molecule has 0 amide bonds. The molecule has 0 aliphatic carbocycles. The van der Waals surface area contributed by atoms with Crippen molar-refractivity contribution in [1.82, 2.24) is 9.80 Å². The first-order chi connectivity index (χ1) is 11.9. The van der Waals surface area contributed by atoms with Crippen LogP contribution in [-0.4, -0.2) is 47.1 Å². The highest BCUT2D eigenvalue weighted by atomic mass is 15.2. The van der Waals surface area contributed by atoms with Gasteiger partial charge in [-0.25, -0.2) is 0 Å². The Morgan fingerprint density at radius 2 is 0.889 bits per heavy atom. The van der Waals surface area contributed by atoms with Gasteiger partial charge in [-0.15, -0.1) is 0 Å². The Kier molecular flexibility index (Phi) is 8.08. The lowest BCUT2D eigenvalue weighted by Crippen LogP contribution is -2.49. The third-order valence-electron chi connectivity index (χ3n) is 6.96. The molecule has 2 heterocycles. The number of piperidine rings is 1. The Bertz CT molecular complexity index is 399. The Morgan fingerprint density at radius 3 is 1.19 bits per heavy atom. The Morgan fingerprint density at radius 1 is 0.519 bits per heavy atom. The summed E-state index contributed by atoms with van der Waals surface area (Å²) >= 11 is 0. The van der Waals surface area contributed by atoms with Gasteiger partial charge < -0.3 is 0 Å². The van der Waals surface area contributed by atoms with Crippen LogP contribution < -0.4 is 0 Å². The van der Waals surface area contributed by atoms with E-state index >= 15 is 0 Å². The SMILES string of the molecule is CC(C)(C)C1CCCN(C(C)(C)C)C1.CC(C)(C)C1CCN(C(C)(C)C)C1. The first kappa shape index (κ1) is 25.0. The second kappa shape index (κ2) is 8.74. The highest BCUT2D eigenvalue weighted by Crippen LogP contribution is 2.36. The van der Waals surface area contributed by atoms with Crippen molar-refractivity contribution in [1.29, 1.82) is 0 Å². The van der Waals surface area contributed by atoms with Gasteiger partial charge in [0.25, 0.3) is 0 Å². The Balaban J connectivity index is 0.000000271. The van der Waals surface area contributed by atoms with Gasteiger partial charge in [-0.2, -0.15) is 0 Å². The molecule has 0 aromatic rings. The van der Waals surface area contributed by atoms with Crippen LogP contribution in [0.2, 0.25) is 0 Å². The molecule has 162 valence electrons. The van der Waals surface area contributed by atoms with Crippen LogP contribution in [0.15, 0.2) is 0 Å². The molecule has 0 spiro atoms. The summed E-state index contributed by atoms with van der Waals surface area (Å²) in [5.41, 5.74) is 1.67. The summed E-state index contributed by atoms with van der Waals surface area (Å²) in [6.07, 6.45) is 4.16. The summed E-state index contributed by atoms with van der Waals surface area (Å²) in [5.74, 6) is 1.75. The average Bonchev–Trinajstić information content (AvgIpc) is 2.96. The van der Waals surface area contributed by atoms with Gasteiger partial charge in [-0.05, 0) is 96.6 Å². The number of hydrogen-bond acceptors (Lipinski definition) is 2. The zero-order valence-corrected chi connectivity index (χ0v) is 21.0. The van der Waals surface area contributed by atoms with E-state index in [1.807, 2.05) is 0 Å². The van der Waals surface area contributed by atoms with E-state index in [1.54, 1.807) is 0 Å². The molecule has 27 heavy (non-hydrogen) atoms. The molecule has 2 atom stereocenters.